The van der Waals surface area contributed by atoms with Crippen molar-refractivity contribution in [1.82, 2.24) is 9.55 Å². The lowest BCUT2D eigenvalue weighted by Crippen LogP contribution is -2.34. The normalized spacial score (nSPS) is 13.4. The van der Waals surface area contributed by atoms with E-state index in [9.17, 15) is 0 Å². The molecule has 0 saturated heterocycles. The molecule has 0 radical (unpaired) electrons. The number of benzene rings is 7. The number of fused-ring (bicyclic) bond motifs is 3. The van der Waals surface area contributed by atoms with Gasteiger partial charge in [0.2, 0.25) is 0 Å². The van der Waals surface area contributed by atoms with Crippen molar-refractivity contribution in [3.8, 4) is 28.4 Å². The van der Waals surface area contributed by atoms with Gasteiger partial charge in [-0.25, -0.2) is 4.98 Å². The lowest BCUT2D eigenvalue weighted by molar-refractivity contribution is 0.483. The van der Waals surface area contributed by atoms with Crippen molar-refractivity contribution in [2.24, 2.45) is 0 Å². The van der Waals surface area contributed by atoms with Gasteiger partial charge in [-0.2, -0.15) is 0 Å². The van der Waals surface area contributed by atoms with Gasteiger partial charge in [-0.05, 0) is 93.4 Å². The number of hydrogen-bond acceptors (Lipinski definition) is 4. The summed E-state index contributed by atoms with van der Waals surface area (Å²) < 4.78 is 9.33. The molecule has 0 bridgehead atoms. The molecule has 0 unspecified atom stereocenters. The molecule has 1 aliphatic heterocycles. The number of ether oxygens (including phenoxy) is 1. The summed E-state index contributed by atoms with van der Waals surface area (Å²) in [6.45, 7) is 16.7. The maximum atomic E-state index is 7.05. The van der Waals surface area contributed by atoms with Crippen molar-refractivity contribution in [2.45, 2.75) is 64.7 Å². The highest BCUT2D eigenvalue weighted by molar-refractivity contribution is 6.09. The van der Waals surface area contributed by atoms with Crippen molar-refractivity contribution in [2.75, 3.05) is 16.5 Å². The predicted molar refractivity (Wildman–Crippen MR) is 272 cm³/mol. The fraction of sp³-hybridized carbons (Fsp3) is 0.183. The van der Waals surface area contributed by atoms with E-state index in [2.05, 4.69) is 257 Å². The Balaban J connectivity index is 1.08. The Morgan fingerprint density at radius 1 is 0.462 bits per heavy atom. The molecule has 5 heteroatoms. The second-order valence-electron chi connectivity index (χ2n) is 19.5. The SMILES string of the molecule is CC(C)(C)c1cccc(N2C=C(C(C)(C)c3ccccc3)N(c3cc(Oc4ccc5c6ccccc6n(-c6cc(C(C)(C)c7ccccc7)ccn6)c5c4)cc(-c4ccccc4)c3)C2)c1. The van der Waals surface area contributed by atoms with Gasteiger partial charge in [-0.1, -0.05) is 170 Å². The Kier molecular flexibility index (Phi) is 10.5. The average Bonchev–Trinajstić information content (AvgIpc) is 3.93. The molecule has 7 aromatic carbocycles. The Bertz CT molecular complexity index is 3190. The summed E-state index contributed by atoms with van der Waals surface area (Å²) >= 11 is 0. The molecule has 0 amide bonds. The second kappa shape index (κ2) is 16.3. The summed E-state index contributed by atoms with van der Waals surface area (Å²) in [5.41, 5.74) is 12.3. The zero-order valence-electron chi connectivity index (χ0n) is 38.5. The minimum atomic E-state index is -0.318. The van der Waals surface area contributed by atoms with E-state index < -0.39 is 0 Å². The topological polar surface area (TPSA) is 33.5 Å². The minimum Gasteiger partial charge on any atom is -0.457 e. The molecule has 322 valence electrons. The number of pyridine rings is 1. The fourth-order valence-electron chi connectivity index (χ4n) is 9.46. The quantitative estimate of drug-likeness (QED) is 0.137. The van der Waals surface area contributed by atoms with Crippen LogP contribution in [0.5, 0.6) is 11.5 Å². The van der Waals surface area contributed by atoms with Crippen molar-refractivity contribution < 1.29 is 4.74 Å². The van der Waals surface area contributed by atoms with Crippen LogP contribution in [0.15, 0.2) is 206 Å². The van der Waals surface area contributed by atoms with Crippen LogP contribution < -0.4 is 14.5 Å². The van der Waals surface area contributed by atoms with Crippen LogP contribution in [0.3, 0.4) is 0 Å². The van der Waals surface area contributed by atoms with Crippen molar-refractivity contribution in [1.29, 1.82) is 0 Å². The van der Waals surface area contributed by atoms with E-state index in [0.717, 1.165) is 50.6 Å². The van der Waals surface area contributed by atoms with E-state index in [-0.39, 0.29) is 16.2 Å². The first kappa shape index (κ1) is 41.6. The van der Waals surface area contributed by atoms with E-state index in [1.807, 2.05) is 6.20 Å². The molecule has 2 aromatic heterocycles. The lowest BCUT2D eigenvalue weighted by Gasteiger charge is -2.34. The highest BCUT2D eigenvalue weighted by Gasteiger charge is 2.36. The Labute approximate surface area is 383 Å². The van der Waals surface area contributed by atoms with Crippen LogP contribution in [0.2, 0.25) is 0 Å². The first-order valence-corrected chi connectivity index (χ1v) is 22.7. The van der Waals surface area contributed by atoms with Crippen LogP contribution in [0, 0.1) is 0 Å². The minimum absolute atomic E-state index is 0.0265. The Morgan fingerprint density at radius 3 is 1.83 bits per heavy atom. The van der Waals surface area contributed by atoms with Gasteiger partial charge < -0.3 is 14.5 Å². The summed E-state index contributed by atoms with van der Waals surface area (Å²) in [7, 11) is 0. The first-order valence-electron chi connectivity index (χ1n) is 22.7. The molecule has 0 aliphatic carbocycles. The Morgan fingerprint density at radius 2 is 1.11 bits per heavy atom. The van der Waals surface area contributed by atoms with Gasteiger partial charge in [0.1, 0.15) is 17.3 Å². The number of allylic oxidation sites excluding steroid dienone is 1. The highest BCUT2D eigenvalue weighted by Crippen LogP contribution is 2.44. The maximum Gasteiger partial charge on any atom is 0.137 e. The van der Waals surface area contributed by atoms with Crippen LogP contribution in [0.4, 0.5) is 11.4 Å². The maximum absolute atomic E-state index is 7.05. The average molecular weight is 849 g/mol. The number of hydrogen-bond donors (Lipinski definition) is 0. The molecular formula is C60H56N4O. The molecular weight excluding hydrogens is 793 g/mol. The third-order valence-electron chi connectivity index (χ3n) is 13.4. The molecule has 1 aliphatic rings. The third-order valence-corrected chi connectivity index (χ3v) is 13.4. The third kappa shape index (κ3) is 7.86. The van der Waals surface area contributed by atoms with Gasteiger partial charge in [0.15, 0.2) is 0 Å². The zero-order valence-corrected chi connectivity index (χ0v) is 38.5. The summed E-state index contributed by atoms with van der Waals surface area (Å²) in [4.78, 5) is 9.86. The predicted octanol–water partition coefficient (Wildman–Crippen LogP) is 15.4. The molecule has 0 N–H and O–H groups in total. The van der Waals surface area contributed by atoms with Crippen LogP contribution in [0.25, 0.3) is 38.8 Å². The van der Waals surface area contributed by atoms with Gasteiger partial charge in [-0.3, -0.25) is 4.57 Å². The van der Waals surface area contributed by atoms with Crippen LogP contribution in [0.1, 0.15) is 70.7 Å². The molecule has 5 nitrogen and oxygen atoms in total. The van der Waals surface area contributed by atoms with E-state index in [1.165, 1.54) is 39.0 Å². The monoisotopic (exact) mass is 848 g/mol. The van der Waals surface area contributed by atoms with Gasteiger partial charge >= 0.3 is 0 Å². The van der Waals surface area contributed by atoms with Crippen molar-refractivity contribution in [3.63, 3.8) is 0 Å². The van der Waals surface area contributed by atoms with Crippen LogP contribution in [-0.4, -0.2) is 16.2 Å². The molecule has 10 rings (SSSR count). The fourth-order valence-corrected chi connectivity index (χ4v) is 9.46. The molecule has 3 heterocycles. The molecule has 0 fully saturated rings. The summed E-state index contributed by atoms with van der Waals surface area (Å²) in [5.74, 6) is 2.38. The summed E-state index contributed by atoms with van der Waals surface area (Å²) in [6, 6.07) is 67.3. The molecule has 0 spiro atoms. The van der Waals surface area contributed by atoms with E-state index in [4.69, 9.17) is 9.72 Å². The van der Waals surface area contributed by atoms with Gasteiger partial charge in [0, 0.05) is 63.2 Å². The molecule has 9 aromatic rings. The highest BCUT2D eigenvalue weighted by atomic mass is 16.5. The van der Waals surface area contributed by atoms with Gasteiger partial charge in [0.05, 0.1) is 17.7 Å². The van der Waals surface area contributed by atoms with Gasteiger partial charge in [0.25, 0.3) is 0 Å². The summed E-state index contributed by atoms with van der Waals surface area (Å²) in [6.07, 6.45) is 4.29. The van der Waals surface area contributed by atoms with E-state index in [1.54, 1.807) is 0 Å². The van der Waals surface area contributed by atoms with E-state index >= 15 is 0 Å². The molecule has 65 heavy (non-hydrogen) atoms. The van der Waals surface area contributed by atoms with E-state index in [0.29, 0.717) is 6.67 Å². The molecule has 0 saturated carbocycles. The van der Waals surface area contributed by atoms with Crippen molar-refractivity contribution >= 4 is 33.2 Å². The zero-order chi connectivity index (χ0) is 44.9. The molecule has 0 atom stereocenters. The van der Waals surface area contributed by atoms with Crippen LogP contribution in [-0.2, 0) is 16.2 Å². The number of nitrogens with zero attached hydrogens (tertiary/aromatic N) is 4. The largest absolute Gasteiger partial charge is 0.457 e. The number of rotatable bonds is 10. The standard InChI is InChI=1S/C60H56N4O/c1-58(2,3)46-26-19-27-48(36-46)62-40-56(60(6,7)45-24-15-10-16-25-45)63(41-62)49-34-43(42-20-11-8-12-21-42)35-51(38-49)65-50-30-31-53-52-28-17-18-29-54(52)64(55(53)39-50)57-37-47(32-33-61-57)59(4,5)44-22-13-9-14-23-44/h8-40H,41H2,1-7H3. The number of para-hydroxylation sites is 1. The first-order chi connectivity index (χ1) is 31.3. The smallest absolute Gasteiger partial charge is 0.137 e. The van der Waals surface area contributed by atoms with Crippen molar-refractivity contribution in [3.05, 3.63) is 228 Å². The van der Waals surface area contributed by atoms with Crippen LogP contribution >= 0.6 is 0 Å². The number of aromatic nitrogens is 2. The lowest BCUT2D eigenvalue weighted by atomic mass is 9.78. The second-order valence-corrected chi connectivity index (χ2v) is 19.5. The summed E-state index contributed by atoms with van der Waals surface area (Å²) in [5, 5.41) is 2.32. The number of anilines is 2. The Hall–Kier alpha value is -7.37. The van der Waals surface area contributed by atoms with Gasteiger partial charge in [-0.15, -0.1) is 0 Å².